The molecule has 0 saturated heterocycles. The van der Waals surface area contributed by atoms with E-state index in [2.05, 4.69) is 11.9 Å². The number of aliphatic hydroxyl groups excluding tert-OH is 1. The third-order valence-corrected chi connectivity index (χ3v) is 4.77. The zero-order valence-corrected chi connectivity index (χ0v) is 18.3. The van der Waals surface area contributed by atoms with Gasteiger partial charge in [-0.2, -0.15) is 0 Å². The van der Waals surface area contributed by atoms with E-state index in [-0.39, 0.29) is 18.4 Å². The topological polar surface area (TPSA) is 95.7 Å². The Bertz CT molecular complexity index is 697. The molecule has 0 aliphatic rings. The fourth-order valence-corrected chi connectivity index (χ4v) is 3.25. The smallest absolute Gasteiger partial charge is 0.253 e. The lowest BCUT2D eigenvalue weighted by atomic mass is 10.0. The quantitative estimate of drug-likeness (QED) is 0.468. The number of allylic oxidation sites excluding steroid dienone is 1. The van der Waals surface area contributed by atoms with Crippen molar-refractivity contribution >= 4 is 11.8 Å². The highest BCUT2D eigenvalue weighted by molar-refractivity contribution is 6.00. The van der Waals surface area contributed by atoms with Crippen LogP contribution in [0.4, 0.5) is 0 Å². The second-order valence-electron chi connectivity index (χ2n) is 7.76. The van der Waals surface area contributed by atoms with Crippen molar-refractivity contribution in [1.82, 2.24) is 10.2 Å². The molecule has 0 saturated carbocycles. The third-order valence-electron chi connectivity index (χ3n) is 4.77. The summed E-state index contributed by atoms with van der Waals surface area (Å²) in [6.45, 7) is 13.2. The molecule has 1 aromatic carbocycles. The lowest BCUT2D eigenvalue weighted by molar-refractivity contribution is 0.0755. The van der Waals surface area contributed by atoms with Crippen LogP contribution in [0.15, 0.2) is 30.4 Å². The van der Waals surface area contributed by atoms with Crippen LogP contribution >= 0.6 is 0 Å². The number of nitrogens with zero attached hydrogens (tertiary/aromatic N) is 1. The number of rotatable bonds is 12. The van der Waals surface area contributed by atoms with Crippen LogP contribution in [0.5, 0.6) is 0 Å². The van der Waals surface area contributed by atoms with Gasteiger partial charge in [-0.1, -0.05) is 19.4 Å². The van der Waals surface area contributed by atoms with Crippen LogP contribution < -0.4 is 11.1 Å². The number of aliphatic hydroxyl groups is 1. The Kier molecular flexibility index (Phi) is 10.6. The number of hydrogen-bond acceptors (Lipinski definition) is 4. The SMILES string of the molecule is C=C(C)CCC(NC(=O)c1cc(C)cc(C(=O)N(CCC)CCC)c1)C(O)CN. The second-order valence-corrected chi connectivity index (χ2v) is 7.76. The first-order chi connectivity index (χ1) is 13.7. The van der Waals surface area contributed by atoms with Gasteiger partial charge in [-0.3, -0.25) is 9.59 Å². The normalized spacial score (nSPS) is 12.9. The van der Waals surface area contributed by atoms with Gasteiger partial charge in [0.05, 0.1) is 12.1 Å². The number of amides is 2. The van der Waals surface area contributed by atoms with E-state index in [0.717, 1.165) is 24.0 Å². The summed E-state index contributed by atoms with van der Waals surface area (Å²) in [5.41, 5.74) is 8.33. The molecule has 2 unspecified atom stereocenters. The van der Waals surface area contributed by atoms with E-state index in [1.807, 2.05) is 38.7 Å². The molecule has 162 valence electrons. The molecule has 0 aliphatic carbocycles. The Morgan fingerprint density at radius 1 is 1.17 bits per heavy atom. The minimum atomic E-state index is -0.839. The largest absolute Gasteiger partial charge is 0.390 e. The molecule has 1 aromatic rings. The zero-order chi connectivity index (χ0) is 22.0. The summed E-state index contributed by atoms with van der Waals surface area (Å²) in [6, 6.07) is 4.72. The number of hydrogen-bond donors (Lipinski definition) is 3. The van der Waals surface area contributed by atoms with Gasteiger partial charge in [0.2, 0.25) is 0 Å². The third kappa shape index (κ3) is 7.99. The fourth-order valence-electron chi connectivity index (χ4n) is 3.25. The number of aryl methyl sites for hydroxylation is 1. The number of carbonyl (C=O) groups excluding carboxylic acids is 2. The molecular weight excluding hydrogens is 366 g/mol. The van der Waals surface area contributed by atoms with Crippen LogP contribution in [0.2, 0.25) is 0 Å². The maximum absolute atomic E-state index is 12.9. The Morgan fingerprint density at radius 3 is 2.28 bits per heavy atom. The molecule has 2 amide bonds. The predicted octanol–water partition coefficient (Wildman–Crippen LogP) is 3.03. The number of nitrogens with one attached hydrogen (secondary N) is 1. The van der Waals surface area contributed by atoms with Gasteiger partial charge in [0.15, 0.2) is 0 Å². The minimum absolute atomic E-state index is 0.0572. The van der Waals surface area contributed by atoms with Crippen LogP contribution in [0.25, 0.3) is 0 Å². The van der Waals surface area contributed by atoms with E-state index < -0.39 is 12.1 Å². The molecule has 4 N–H and O–H groups in total. The van der Waals surface area contributed by atoms with E-state index in [1.165, 1.54) is 0 Å². The molecule has 0 fully saturated rings. The average Bonchev–Trinajstić information content (AvgIpc) is 2.68. The molecular formula is C23H37N3O3. The maximum Gasteiger partial charge on any atom is 0.253 e. The minimum Gasteiger partial charge on any atom is -0.390 e. The predicted molar refractivity (Wildman–Crippen MR) is 118 cm³/mol. The molecule has 0 aliphatic heterocycles. The monoisotopic (exact) mass is 403 g/mol. The summed E-state index contributed by atoms with van der Waals surface area (Å²) in [7, 11) is 0. The van der Waals surface area contributed by atoms with Gasteiger partial charge in [-0.05, 0) is 63.3 Å². The maximum atomic E-state index is 12.9. The lowest BCUT2D eigenvalue weighted by Crippen LogP contribution is -2.46. The summed E-state index contributed by atoms with van der Waals surface area (Å²) in [6.07, 6.45) is 2.16. The van der Waals surface area contributed by atoms with E-state index >= 15 is 0 Å². The highest BCUT2D eigenvalue weighted by atomic mass is 16.3. The first-order valence-corrected chi connectivity index (χ1v) is 10.5. The van der Waals surface area contributed by atoms with E-state index in [0.29, 0.717) is 37.1 Å². The molecule has 6 heteroatoms. The van der Waals surface area contributed by atoms with Crippen LogP contribution in [-0.4, -0.2) is 53.6 Å². The van der Waals surface area contributed by atoms with Gasteiger partial charge in [0.1, 0.15) is 0 Å². The van der Waals surface area contributed by atoms with Crippen molar-refractivity contribution in [2.75, 3.05) is 19.6 Å². The Hall–Kier alpha value is -2.18. The van der Waals surface area contributed by atoms with Crippen molar-refractivity contribution in [3.8, 4) is 0 Å². The number of benzene rings is 1. The fraction of sp³-hybridized carbons (Fsp3) is 0.565. The van der Waals surface area contributed by atoms with Crippen LogP contribution in [-0.2, 0) is 0 Å². The van der Waals surface area contributed by atoms with Gasteiger partial charge in [0.25, 0.3) is 11.8 Å². The first-order valence-electron chi connectivity index (χ1n) is 10.5. The van der Waals surface area contributed by atoms with Crippen molar-refractivity contribution in [3.63, 3.8) is 0 Å². The Balaban J connectivity index is 3.06. The van der Waals surface area contributed by atoms with Crippen LogP contribution in [0.1, 0.15) is 72.7 Å². The van der Waals surface area contributed by atoms with Gasteiger partial charge >= 0.3 is 0 Å². The van der Waals surface area contributed by atoms with Crippen molar-refractivity contribution < 1.29 is 14.7 Å². The van der Waals surface area contributed by atoms with E-state index in [9.17, 15) is 14.7 Å². The molecule has 0 aromatic heterocycles. The zero-order valence-electron chi connectivity index (χ0n) is 18.3. The molecule has 1 rings (SSSR count). The van der Waals surface area contributed by atoms with E-state index in [1.54, 1.807) is 12.1 Å². The van der Waals surface area contributed by atoms with Crippen LogP contribution in [0, 0.1) is 6.92 Å². The van der Waals surface area contributed by atoms with Gasteiger partial charge in [0, 0.05) is 30.8 Å². The molecule has 0 heterocycles. The van der Waals surface area contributed by atoms with Crippen molar-refractivity contribution in [3.05, 3.63) is 47.0 Å². The summed E-state index contributed by atoms with van der Waals surface area (Å²) < 4.78 is 0. The number of carbonyl (C=O) groups is 2. The molecule has 29 heavy (non-hydrogen) atoms. The summed E-state index contributed by atoms with van der Waals surface area (Å²) >= 11 is 0. The Labute approximate surface area is 175 Å². The van der Waals surface area contributed by atoms with Gasteiger partial charge in [-0.15, -0.1) is 6.58 Å². The standard InChI is InChI=1S/C23H37N3O3/c1-6-10-26(11-7-2)23(29)19-13-17(5)12-18(14-19)22(28)25-20(21(27)15-24)9-8-16(3)4/h12-14,20-21,27H,3,6-11,15,24H2,1-2,4-5H3,(H,25,28). The molecule has 0 bridgehead atoms. The lowest BCUT2D eigenvalue weighted by Gasteiger charge is -2.24. The molecule has 0 spiro atoms. The van der Waals surface area contributed by atoms with E-state index in [4.69, 9.17) is 5.73 Å². The van der Waals surface area contributed by atoms with Crippen molar-refractivity contribution in [1.29, 1.82) is 0 Å². The Morgan fingerprint density at radius 2 is 1.76 bits per heavy atom. The van der Waals surface area contributed by atoms with Gasteiger partial charge < -0.3 is 21.1 Å². The highest BCUT2D eigenvalue weighted by Gasteiger charge is 2.22. The summed E-state index contributed by atoms with van der Waals surface area (Å²) in [4.78, 5) is 27.6. The van der Waals surface area contributed by atoms with Gasteiger partial charge in [-0.25, -0.2) is 0 Å². The van der Waals surface area contributed by atoms with Crippen molar-refractivity contribution in [2.24, 2.45) is 5.73 Å². The molecule has 6 nitrogen and oxygen atoms in total. The number of nitrogens with two attached hydrogens (primary N) is 1. The summed E-state index contributed by atoms with van der Waals surface area (Å²) in [5.74, 6) is -0.383. The molecule has 2 atom stereocenters. The van der Waals surface area contributed by atoms with Crippen molar-refractivity contribution in [2.45, 2.75) is 65.5 Å². The first kappa shape index (κ1) is 24.9. The highest BCUT2D eigenvalue weighted by Crippen LogP contribution is 2.15. The van der Waals surface area contributed by atoms with Crippen LogP contribution in [0.3, 0.4) is 0 Å². The molecule has 0 radical (unpaired) electrons. The summed E-state index contributed by atoms with van der Waals surface area (Å²) in [5, 5.41) is 13.1. The second kappa shape index (κ2) is 12.4. The average molecular weight is 404 g/mol.